The predicted molar refractivity (Wildman–Crippen MR) is 164 cm³/mol. The van der Waals surface area contributed by atoms with E-state index in [9.17, 15) is 19.5 Å². The largest absolute Gasteiger partial charge is 0.480 e. The third-order valence-corrected chi connectivity index (χ3v) is 8.72. The number of hydrogen-bond acceptors (Lipinski definition) is 5. The van der Waals surface area contributed by atoms with Gasteiger partial charge >= 0.3 is 5.97 Å². The molecule has 8 nitrogen and oxygen atoms in total. The number of aryl methyl sites for hydroxylation is 1. The lowest BCUT2D eigenvalue weighted by atomic mass is 9.85. The number of amides is 2. The molecule has 0 radical (unpaired) electrons. The van der Waals surface area contributed by atoms with Gasteiger partial charge in [0.25, 0.3) is 11.8 Å². The van der Waals surface area contributed by atoms with E-state index in [1.165, 1.54) is 25.7 Å². The van der Waals surface area contributed by atoms with E-state index in [-0.39, 0.29) is 18.9 Å². The van der Waals surface area contributed by atoms with Crippen molar-refractivity contribution in [1.29, 1.82) is 0 Å². The zero-order valence-electron chi connectivity index (χ0n) is 25.2. The van der Waals surface area contributed by atoms with Crippen molar-refractivity contribution >= 4 is 17.8 Å². The Kier molecular flexibility index (Phi) is 12.0. The average molecular weight is 578 g/mol. The summed E-state index contributed by atoms with van der Waals surface area (Å²) in [5.41, 5.74) is 3.90. The van der Waals surface area contributed by atoms with Crippen molar-refractivity contribution in [3.05, 3.63) is 59.2 Å². The zero-order chi connectivity index (χ0) is 29.9. The molecule has 2 aliphatic rings. The molecule has 8 heteroatoms. The molecule has 0 bridgehead atoms. The van der Waals surface area contributed by atoms with Gasteiger partial charge in [-0.3, -0.25) is 9.59 Å². The van der Waals surface area contributed by atoms with Crippen LogP contribution in [0.2, 0.25) is 0 Å². The maximum Gasteiger partial charge on any atom is 0.326 e. The third kappa shape index (κ3) is 8.65. The number of ether oxygens (including phenoxy) is 1. The molecular formula is C34H47N3O5. The highest BCUT2D eigenvalue weighted by Gasteiger charge is 2.30. The van der Waals surface area contributed by atoms with Gasteiger partial charge in [0.2, 0.25) is 0 Å². The van der Waals surface area contributed by atoms with Gasteiger partial charge in [-0.1, -0.05) is 62.4 Å². The molecule has 1 aliphatic carbocycles. The van der Waals surface area contributed by atoms with Crippen LogP contribution >= 0.6 is 0 Å². The van der Waals surface area contributed by atoms with Crippen LogP contribution in [-0.4, -0.2) is 66.6 Å². The van der Waals surface area contributed by atoms with E-state index in [0.717, 1.165) is 67.4 Å². The average Bonchev–Trinajstić information content (AvgIpc) is 3.01. The van der Waals surface area contributed by atoms with Crippen LogP contribution in [0.25, 0.3) is 11.1 Å². The van der Waals surface area contributed by atoms with Crippen molar-refractivity contribution < 1.29 is 24.2 Å². The Balaban J connectivity index is 1.57. The summed E-state index contributed by atoms with van der Waals surface area (Å²) >= 11 is 0. The molecule has 2 aromatic carbocycles. The number of piperidine rings is 1. The summed E-state index contributed by atoms with van der Waals surface area (Å²) in [6, 6.07) is 12.4. The number of carboxylic acids is 1. The van der Waals surface area contributed by atoms with E-state index in [4.69, 9.17) is 4.74 Å². The molecule has 1 saturated carbocycles. The van der Waals surface area contributed by atoms with Crippen molar-refractivity contribution in [2.24, 2.45) is 5.92 Å². The minimum Gasteiger partial charge on any atom is -0.480 e. The molecule has 2 fully saturated rings. The summed E-state index contributed by atoms with van der Waals surface area (Å²) in [6.45, 7) is 4.32. The molecule has 228 valence electrons. The lowest BCUT2D eigenvalue weighted by Crippen LogP contribution is -2.44. The first kappa shape index (κ1) is 31.7. The first-order valence-electron chi connectivity index (χ1n) is 15.6. The molecule has 2 aromatic rings. The van der Waals surface area contributed by atoms with Gasteiger partial charge in [-0.15, -0.1) is 0 Å². The van der Waals surface area contributed by atoms with Crippen LogP contribution in [0.5, 0.6) is 0 Å². The molecule has 2 amide bonds. The third-order valence-electron chi connectivity index (χ3n) is 8.72. The van der Waals surface area contributed by atoms with E-state index in [2.05, 4.69) is 10.6 Å². The molecule has 3 N–H and O–H groups in total. The molecule has 1 heterocycles. The first-order chi connectivity index (χ1) is 20.4. The van der Waals surface area contributed by atoms with Crippen LogP contribution < -0.4 is 10.6 Å². The number of likely N-dealkylation sites (tertiary alicyclic amines) is 1. The van der Waals surface area contributed by atoms with Crippen LogP contribution in [-0.2, 0) is 20.9 Å². The highest BCUT2D eigenvalue weighted by atomic mass is 16.5. The van der Waals surface area contributed by atoms with Gasteiger partial charge in [0.15, 0.2) is 0 Å². The van der Waals surface area contributed by atoms with E-state index >= 15 is 0 Å². The van der Waals surface area contributed by atoms with Crippen LogP contribution in [0.1, 0.15) is 85.7 Å². The van der Waals surface area contributed by atoms with Crippen LogP contribution in [0, 0.1) is 12.8 Å². The molecule has 42 heavy (non-hydrogen) atoms. The topological polar surface area (TPSA) is 108 Å². The summed E-state index contributed by atoms with van der Waals surface area (Å²) in [6.07, 6.45) is 9.83. The summed E-state index contributed by atoms with van der Waals surface area (Å²) in [7, 11) is 1.75. The Labute approximate surface area is 250 Å². The predicted octanol–water partition coefficient (Wildman–Crippen LogP) is 5.32. The minimum atomic E-state index is -1.07. The second-order valence-electron chi connectivity index (χ2n) is 11.9. The monoisotopic (exact) mass is 577 g/mol. The van der Waals surface area contributed by atoms with Gasteiger partial charge in [-0.05, 0) is 92.9 Å². The van der Waals surface area contributed by atoms with E-state index in [1.807, 2.05) is 48.2 Å². The molecule has 0 spiro atoms. The van der Waals surface area contributed by atoms with Crippen molar-refractivity contribution in [2.75, 3.05) is 26.7 Å². The number of aliphatic carboxylic acids is 1. The Morgan fingerprint density at radius 1 is 0.976 bits per heavy atom. The van der Waals surface area contributed by atoms with Crippen LogP contribution in [0.4, 0.5) is 0 Å². The Morgan fingerprint density at radius 2 is 1.69 bits per heavy atom. The quantitative estimate of drug-likeness (QED) is 0.297. The molecule has 1 saturated heterocycles. The number of rotatable bonds is 13. The lowest BCUT2D eigenvalue weighted by Gasteiger charge is -2.32. The second kappa shape index (κ2) is 15.8. The summed E-state index contributed by atoms with van der Waals surface area (Å²) in [4.78, 5) is 40.8. The molecule has 0 aromatic heterocycles. The van der Waals surface area contributed by atoms with E-state index < -0.39 is 24.0 Å². The molecule has 2 atom stereocenters. The molecular weight excluding hydrogens is 530 g/mol. The minimum absolute atomic E-state index is 0.108. The number of hydrogen-bond donors (Lipinski definition) is 3. The highest BCUT2D eigenvalue weighted by molar-refractivity contribution is 6.02. The SMILES string of the molecule is CNCCC(NC(=O)c1ccc(COC(CC2CCCCC2)C(=O)N2CCCCC2)cc1-c1ccccc1C)C(=O)O. The van der Waals surface area contributed by atoms with E-state index in [0.29, 0.717) is 18.0 Å². The number of carbonyl (C=O) groups is 3. The summed E-state index contributed by atoms with van der Waals surface area (Å²) in [5, 5.41) is 15.3. The van der Waals surface area contributed by atoms with Crippen LogP contribution in [0.15, 0.2) is 42.5 Å². The summed E-state index contributed by atoms with van der Waals surface area (Å²) < 4.78 is 6.43. The smallest absolute Gasteiger partial charge is 0.326 e. The fourth-order valence-corrected chi connectivity index (χ4v) is 6.24. The fraction of sp³-hybridized carbons (Fsp3) is 0.559. The van der Waals surface area contributed by atoms with Gasteiger partial charge in [0.1, 0.15) is 12.1 Å². The van der Waals surface area contributed by atoms with Crippen molar-refractivity contribution in [1.82, 2.24) is 15.5 Å². The molecule has 1 aliphatic heterocycles. The number of carbonyl (C=O) groups excluding carboxylic acids is 2. The van der Waals surface area contributed by atoms with Gasteiger partial charge in [-0.2, -0.15) is 0 Å². The lowest BCUT2D eigenvalue weighted by molar-refractivity contribution is -0.147. The van der Waals surface area contributed by atoms with Crippen molar-refractivity contribution in [2.45, 2.75) is 89.9 Å². The first-order valence-corrected chi connectivity index (χ1v) is 15.6. The molecule has 4 rings (SSSR count). The van der Waals surface area contributed by atoms with Crippen LogP contribution in [0.3, 0.4) is 0 Å². The highest BCUT2D eigenvalue weighted by Crippen LogP contribution is 2.31. The van der Waals surface area contributed by atoms with E-state index in [1.54, 1.807) is 13.1 Å². The van der Waals surface area contributed by atoms with Gasteiger partial charge in [0, 0.05) is 18.7 Å². The normalized spacial score (nSPS) is 17.4. The molecule has 2 unspecified atom stereocenters. The Morgan fingerprint density at radius 3 is 2.38 bits per heavy atom. The summed E-state index contributed by atoms with van der Waals surface area (Å²) in [5.74, 6) is -0.879. The fourth-order valence-electron chi connectivity index (χ4n) is 6.24. The van der Waals surface area contributed by atoms with Gasteiger partial charge in [-0.25, -0.2) is 4.79 Å². The number of nitrogens with one attached hydrogen (secondary N) is 2. The second-order valence-corrected chi connectivity index (χ2v) is 11.9. The number of benzene rings is 2. The zero-order valence-corrected chi connectivity index (χ0v) is 25.2. The Hall–Kier alpha value is -3.23. The van der Waals surface area contributed by atoms with Gasteiger partial charge in [0.05, 0.1) is 6.61 Å². The maximum atomic E-state index is 13.6. The number of nitrogens with zero attached hydrogens (tertiary/aromatic N) is 1. The number of carboxylic acid groups (broad SMARTS) is 1. The van der Waals surface area contributed by atoms with Crippen molar-refractivity contribution in [3.63, 3.8) is 0 Å². The van der Waals surface area contributed by atoms with Crippen molar-refractivity contribution in [3.8, 4) is 11.1 Å². The Bertz CT molecular complexity index is 1200. The van der Waals surface area contributed by atoms with Gasteiger partial charge < -0.3 is 25.4 Å². The maximum absolute atomic E-state index is 13.6. The standard InChI is InChI=1S/C34H47N3O5/c1-24-11-7-8-14-27(24)29-21-26(15-16-28(29)32(38)36-30(34(40)41)17-18-35-2)23-42-31(22-25-12-5-3-6-13-25)33(39)37-19-9-4-10-20-37/h7-8,11,14-16,21,25,30-31,35H,3-6,9-10,12-13,17-20,22-23H2,1-2H3,(H,36,38)(H,40,41).